The van der Waals surface area contributed by atoms with Crippen LogP contribution < -0.4 is 10.6 Å². The molecule has 2 rings (SSSR count). The molecule has 1 aromatic rings. The molecule has 1 aliphatic rings. The van der Waals surface area contributed by atoms with E-state index in [1.807, 2.05) is 19.1 Å². The first kappa shape index (κ1) is 16.9. The molecule has 1 heterocycles. The summed E-state index contributed by atoms with van der Waals surface area (Å²) in [6.07, 6.45) is 0. The monoisotopic (exact) mass is 417 g/mol. The lowest BCUT2D eigenvalue weighted by molar-refractivity contribution is -0.118. The fourth-order valence-electron chi connectivity index (χ4n) is 2.50. The van der Waals surface area contributed by atoms with E-state index in [0.717, 1.165) is 33.3 Å². The van der Waals surface area contributed by atoms with E-state index in [-0.39, 0.29) is 5.91 Å². The molecule has 21 heavy (non-hydrogen) atoms. The lowest BCUT2D eigenvalue weighted by Gasteiger charge is -2.37. The molecule has 0 aliphatic carbocycles. The average Bonchev–Trinajstić information content (AvgIpc) is 2.38. The molecule has 6 heteroatoms. The van der Waals surface area contributed by atoms with Crippen molar-refractivity contribution in [2.45, 2.75) is 32.9 Å². The van der Waals surface area contributed by atoms with Gasteiger partial charge in [0.15, 0.2) is 0 Å². The van der Waals surface area contributed by atoms with Crippen LogP contribution in [0, 0.1) is 6.92 Å². The number of halogens is 2. The molecule has 116 valence electrons. The van der Waals surface area contributed by atoms with Crippen LogP contribution in [0.4, 0.5) is 5.69 Å². The number of piperazine rings is 1. The summed E-state index contributed by atoms with van der Waals surface area (Å²) in [4.78, 5) is 14.5. The second kappa shape index (κ2) is 7.22. The first-order valence-corrected chi connectivity index (χ1v) is 8.68. The molecular formula is C15H21Br2N3O. The first-order chi connectivity index (χ1) is 9.86. The summed E-state index contributed by atoms with van der Waals surface area (Å²) in [5.74, 6) is 0.0150. The Morgan fingerprint density at radius 2 is 2.00 bits per heavy atom. The van der Waals surface area contributed by atoms with E-state index >= 15 is 0 Å². The van der Waals surface area contributed by atoms with Gasteiger partial charge in [-0.2, -0.15) is 0 Å². The fourth-order valence-corrected chi connectivity index (χ4v) is 4.11. The maximum absolute atomic E-state index is 12.3. The SMILES string of the molecule is Cc1cc(Br)c(NC(=O)CN2CC(C)NCC2C)c(Br)c1. The summed E-state index contributed by atoms with van der Waals surface area (Å²) in [6.45, 7) is 8.54. The van der Waals surface area contributed by atoms with Gasteiger partial charge in [-0.1, -0.05) is 0 Å². The highest BCUT2D eigenvalue weighted by molar-refractivity contribution is 9.11. The van der Waals surface area contributed by atoms with Crippen molar-refractivity contribution in [2.24, 2.45) is 0 Å². The molecule has 0 spiro atoms. The zero-order valence-corrected chi connectivity index (χ0v) is 15.7. The summed E-state index contributed by atoms with van der Waals surface area (Å²) >= 11 is 7.01. The Morgan fingerprint density at radius 1 is 1.38 bits per heavy atom. The molecule has 1 amide bonds. The van der Waals surface area contributed by atoms with Crippen molar-refractivity contribution >= 4 is 43.5 Å². The van der Waals surface area contributed by atoms with Crippen molar-refractivity contribution in [3.8, 4) is 0 Å². The predicted octanol–water partition coefficient (Wildman–Crippen LogP) is 3.14. The minimum absolute atomic E-state index is 0.0150. The molecule has 2 atom stereocenters. The van der Waals surface area contributed by atoms with E-state index in [1.165, 1.54) is 0 Å². The van der Waals surface area contributed by atoms with Crippen LogP contribution in [0.1, 0.15) is 19.4 Å². The molecule has 0 aromatic heterocycles. The van der Waals surface area contributed by atoms with Gasteiger partial charge >= 0.3 is 0 Å². The summed E-state index contributed by atoms with van der Waals surface area (Å²) in [5.41, 5.74) is 1.93. The molecule has 0 bridgehead atoms. The van der Waals surface area contributed by atoms with Crippen molar-refractivity contribution in [1.29, 1.82) is 0 Å². The largest absolute Gasteiger partial charge is 0.323 e. The second-order valence-corrected chi connectivity index (χ2v) is 7.45. The van der Waals surface area contributed by atoms with Gasteiger partial charge in [-0.3, -0.25) is 9.69 Å². The molecular weight excluding hydrogens is 398 g/mol. The number of carbonyl (C=O) groups is 1. The van der Waals surface area contributed by atoms with Crippen LogP contribution in [-0.2, 0) is 4.79 Å². The van der Waals surface area contributed by atoms with E-state index in [0.29, 0.717) is 18.6 Å². The molecule has 2 unspecified atom stereocenters. The summed E-state index contributed by atoms with van der Waals surface area (Å²) in [7, 11) is 0. The number of hydrogen-bond donors (Lipinski definition) is 2. The normalized spacial score (nSPS) is 23.1. The Bertz CT molecular complexity index is 513. The van der Waals surface area contributed by atoms with Crippen LogP contribution in [0.2, 0.25) is 0 Å². The van der Waals surface area contributed by atoms with Gasteiger partial charge in [-0.15, -0.1) is 0 Å². The van der Waals surface area contributed by atoms with Gasteiger partial charge in [0.1, 0.15) is 0 Å². The third-order valence-corrected chi connectivity index (χ3v) is 4.94. The van der Waals surface area contributed by atoms with Crippen LogP contribution >= 0.6 is 31.9 Å². The highest BCUT2D eigenvalue weighted by Crippen LogP contribution is 2.32. The summed E-state index contributed by atoms with van der Waals surface area (Å²) < 4.78 is 1.79. The van der Waals surface area contributed by atoms with Gasteiger partial charge in [-0.05, 0) is 70.3 Å². The lowest BCUT2D eigenvalue weighted by Crippen LogP contribution is -2.55. The molecule has 1 aliphatic heterocycles. The quantitative estimate of drug-likeness (QED) is 0.792. The van der Waals surface area contributed by atoms with Gasteiger partial charge in [0.2, 0.25) is 5.91 Å². The molecule has 1 fully saturated rings. The number of nitrogens with zero attached hydrogens (tertiary/aromatic N) is 1. The topological polar surface area (TPSA) is 44.4 Å². The number of carbonyl (C=O) groups excluding carboxylic acids is 1. The van der Waals surface area contributed by atoms with Gasteiger partial charge < -0.3 is 10.6 Å². The van der Waals surface area contributed by atoms with Crippen molar-refractivity contribution in [3.63, 3.8) is 0 Å². The van der Waals surface area contributed by atoms with Crippen LogP contribution in [-0.4, -0.2) is 42.5 Å². The van der Waals surface area contributed by atoms with Crippen LogP contribution in [0.15, 0.2) is 21.1 Å². The highest BCUT2D eigenvalue weighted by Gasteiger charge is 2.24. The number of aryl methyl sites for hydroxylation is 1. The average molecular weight is 419 g/mol. The predicted molar refractivity (Wildman–Crippen MR) is 93.7 cm³/mol. The van der Waals surface area contributed by atoms with Gasteiger partial charge in [0.25, 0.3) is 0 Å². The van der Waals surface area contributed by atoms with Crippen molar-refractivity contribution < 1.29 is 4.79 Å². The van der Waals surface area contributed by atoms with E-state index in [4.69, 9.17) is 0 Å². The zero-order chi connectivity index (χ0) is 15.6. The second-order valence-electron chi connectivity index (χ2n) is 5.74. The lowest BCUT2D eigenvalue weighted by atomic mass is 10.1. The Kier molecular flexibility index (Phi) is 5.82. The van der Waals surface area contributed by atoms with Crippen LogP contribution in [0.5, 0.6) is 0 Å². The first-order valence-electron chi connectivity index (χ1n) is 7.09. The minimum atomic E-state index is 0.0150. The van der Waals surface area contributed by atoms with Crippen molar-refractivity contribution in [3.05, 3.63) is 26.6 Å². The van der Waals surface area contributed by atoms with Gasteiger partial charge in [0, 0.05) is 34.1 Å². The number of rotatable bonds is 3. The Balaban J connectivity index is 2.02. The van der Waals surface area contributed by atoms with Crippen molar-refractivity contribution in [1.82, 2.24) is 10.2 Å². The molecule has 0 radical (unpaired) electrons. The van der Waals surface area contributed by atoms with Gasteiger partial charge in [-0.25, -0.2) is 0 Å². The Hall–Kier alpha value is -0.430. The van der Waals surface area contributed by atoms with Crippen LogP contribution in [0.25, 0.3) is 0 Å². The van der Waals surface area contributed by atoms with Crippen molar-refractivity contribution in [2.75, 3.05) is 25.0 Å². The van der Waals surface area contributed by atoms with E-state index in [2.05, 4.69) is 61.2 Å². The van der Waals surface area contributed by atoms with E-state index < -0.39 is 0 Å². The smallest absolute Gasteiger partial charge is 0.238 e. The molecule has 1 saturated heterocycles. The molecule has 0 saturated carbocycles. The van der Waals surface area contributed by atoms with Gasteiger partial charge in [0.05, 0.1) is 12.2 Å². The zero-order valence-electron chi connectivity index (χ0n) is 12.5. The summed E-state index contributed by atoms with van der Waals surface area (Å²) in [6, 6.07) is 4.79. The number of amides is 1. The minimum Gasteiger partial charge on any atom is -0.323 e. The summed E-state index contributed by atoms with van der Waals surface area (Å²) in [5, 5.41) is 6.41. The number of hydrogen-bond acceptors (Lipinski definition) is 3. The number of nitrogens with one attached hydrogen (secondary N) is 2. The van der Waals surface area contributed by atoms with E-state index in [1.54, 1.807) is 0 Å². The third kappa shape index (κ3) is 4.52. The third-order valence-electron chi connectivity index (χ3n) is 3.69. The maximum atomic E-state index is 12.3. The standard InChI is InChI=1S/C15H21Br2N3O/c1-9-4-12(16)15(13(17)5-9)19-14(21)8-20-7-10(2)18-6-11(20)3/h4-5,10-11,18H,6-8H2,1-3H3,(H,19,21). The number of anilines is 1. The Morgan fingerprint density at radius 3 is 2.62 bits per heavy atom. The Labute approximate surface area is 142 Å². The molecule has 4 nitrogen and oxygen atoms in total. The van der Waals surface area contributed by atoms with Crippen LogP contribution in [0.3, 0.4) is 0 Å². The van der Waals surface area contributed by atoms with E-state index in [9.17, 15) is 4.79 Å². The number of benzene rings is 1. The molecule has 2 N–H and O–H groups in total. The molecule has 1 aromatic carbocycles. The fraction of sp³-hybridized carbons (Fsp3) is 0.533. The highest BCUT2D eigenvalue weighted by atomic mass is 79.9. The maximum Gasteiger partial charge on any atom is 0.238 e.